The second-order valence-corrected chi connectivity index (χ2v) is 10.0. The van der Waals surface area contributed by atoms with Gasteiger partial charge in [0.25, 0.3) is 0 Å². The van der Waals surface area contributed by atoms with Crippen LogP contribution < -0.4 is 27.0 Å². The number of benzene rings is 1. The molecule has 0 aliphatic carbocycles. The van der Waals surface area contributed by atoms with Gasteiger partial charge in [-0.3, -0.25) is 24.0 Å². The van der Waals surface area contributed by atoms with Gasteiger partial charge in [-0.2, -0.15) is 11.8 Å². The number of carbonyl (C=O) groups excluding carboxylic acids is 5. The zero-order valence-corrected chi connectivity index (χ0v) is 22.9. The molecule has 0 spiro atoms. The number of hydrogen-bond donors (Lipinski definition) is 6. The van der Waals surface area contributed by atoms with E-state index in [0.29, 0.717) is 18.6 Å². The Morgan fingerprint density at radius 3 is 2.37 bits per heavy atom. The van der Waals surface area contributed by atoms with Crippen molar-refractivity contribution in [3.63, 3.8) is 0 Å². The molecule has 7 N–H and O–H groups in total. The fourth-order valence-electron chi connectivity index (χ4n) is 3.98. The number of thioether (sulfide) groups is 1. The van der Waals surface area contributed by atoms with E-state index in [-0.39, 0.29) is 18.9 Å². The fraction of sp³-hybridized carbons (Fsp3) is 0.500. The smallest absolute Gasteiger partial charge is 0.243 e. The summed E-state index contributed by atoms with van der Waals surface area (Å²) in [5.41, 5.74) is 7.17. The maximum Gasteiger partial charge on any atom is 0.243 e. The lowest BCUT2D eigenvalue weighted by Crippen LogP contribution is -2.55. The van der Waals surface area contributed by atoms with Gasteiger partial charge in [0.1, 0.15) is 18.1 Å². The number of aromatic nitrogens is 1. The molecule has 208 valence electrons. The van der Waals surface area contributed by atoms with Crippen molar-refractivity contribution < 1.29 is 24.0 Å². The van der Waals surface area contributed by atoms with Crippen LogP contribution in [0.4, 0.5) is 0 Å². The third-order valence-corrected chi connectivity index (χ3v) is 6.63. The molecule has 0 saturated heterocycles. The maximum absolute atomic E-state index is 13.2. The lowest BCUT2D eigenvalue weighted by molar-refractivity contribution is -0.132. The lowest BCUT2D eigenvalue weighted by Gasteiger charge is -2.22. The zero-order chi connectivity index (χ0) is 28.1. The Morgan fingerprint density at radius 2 is 1.71 bits per heavy atom. The predicted octanol–water partition coefficient (Wildman–Crippen LogP) is 0.730. The van der Waals surface area contributed by atoms with Crippen molar-refractivity contribution >= 4 is 52.2 Å². The molecule has 11 nitrogen and oxygen atoms in total. The van der Waals surface area contributed by atoms with Gasteiger partial charge in [0.05, 0.1) is 6.54 Å². The van der Waals surface area contributed by atoms with Crippen molar-refractivity contribution in [1.82, 2.24) is 26.3 Å². The third-order valence-electron chi connectivity index (χ3n) is 5.98. The molecule has 0 bridgehead atoms. The number of fused-ring (bicyclic) bond motifs is 1. The van der Waals surface area contributed by atoms with Gasteiger partial charge in [0.2, 0.25) is 29.5 Å². The predicted molar refractivity (Wildman–Crippen MR) is 148 cm³/mol. The van der Waals surface area contributed by atoms with Gasteiger partial charge in [0, 0.05) is 30.4 Å². The molecular weight excluding hydrogens is 508 g/mol. The van der Waals surface area contributed by atoms with Crippen LogP contribution in [-0.4, -0.2) is 71.2 Å². The summed E-state index contributed by atoms with van der Waals surface area (Å²) in [5, 5.41) is 11.4. The quantitative estimate of drug-likeness (QED) is 0.181. The fourth-order valence-corrected chi connectivity index (χ4v) is 4.45. The largest absolute Gasteiger partial charge is 0.368 e. The Hall–Kier alpha value is -3.54. The van der Waals surface area contributed by atoms with Crippen LogP contribution in [0.1, 0.15) is 45.1 Å². The van der Waals surface area contributed by atoms with Gasteiger partial charge in [-0.05, 0) is 36.5 Å². The Kier molecular flexibility index (Phi) is 12.6. The molecule has 5 amide bonds. The highest BCUT2D eigenvalue weighted by atomic mass is 32.2. The number of unbranched alkanes of at least 4 members (excludes halogenated alkanes) is 1. The zero-order valence-electron chi connectivity index (χ0n) is 22.1. The van der Waals surface area contributed by atoms with Crippen LogP contribution in [0.15, 0.2) is 30.5 Å². The van der Waals surface area contributed by atoms with Crippen LogP contribution in [0, 0.1) is 0 Å². The second-order valence-electron chi connectivity index (χ2n) is 9.04. The number of H-pyrrole nitrogens is 1. The van der Waals surface area contributed by atoms with Crippen molar-refractivity contribution in [3.05, 3.63) is 36.0 Å². The molecule has 0 saturated carbocycles. The minimum absolute atomic E-state index is 0.147. The Labute approximate surface area is 226 Å². The average molecular weight is 547 g/mol. The Morgan fingerprint density at radius 1 is 0.974 bits per heavy atom. The molecule has 0 aliphatic rings. The number of amides is 5. The molecule has 2 aromatic rings. The highest BCUT2D eigenvalue weighted by molar-refractivity contribution is 7.98. The summed E-state index contributed by atoms with van der Waals surface area (Å²) in [6.45, 7) is 2.91. The summed E-state index contributed by atoms with van der Waals surface area (Å²) in [4.78, 5) is 65.1. The monoisotopic (exact) mass is 546 g/mol. The number of nitrogens with one attached hydrogen (secondary N) is 5. The molecular formula is C26H38N6O5S. The van der Waals surface area contributed by atoms with Crippen LogP contribution in [0.25, 0.3) is 10.9 Å². The SMILES string of the molecule is CCCC[C@H](NC(C)=O)C(=O)NCC(=O)N[C@@H](Cc1c[nH]c2ccccc12)C(=O)N[C@@H](CCSC)C(N)=O. The Bertz CT molecular complexity index is 1120. The molecule has 0 unspecified atom stereocenters. The van der Waals surface area contributed by atoms with Crippen LogP contribution in [0.3, 0.4) is 0 Å². The molecule has 3 atom stereocenters. The molecule has 1 heterocycles. The van der Waals surface area contributed by atoms with E-state index in [1.807, 2.05) is 37.4 Å². The van der Waals surface area contributed by atoms with Crippen LogP contribution in [-0.2, 0) is 30.4 Å². The summed E-state index contributed by atoms with van der Waals surface area (Å²) in [7, 11) is 0. The standard InChI is InChI=1S/C26H38N6O5S/c1-4-5-9-21(30-16(2)33)25(36)29-15-23(34)31-22(26(37)32-20(24(27)35)11-12-38-3)13-17-14-28-19-10-7-6-8-18(17)19/h6-8,10,14,20-22,28H,4-5,9,11-13,15H2,1-3H3,(H2,27,35)(H,29,36)(H,30,33)(H,31,34)(H,32,37)/t20-,21-,22-/m0/s1. The molecule has 1 aromatic heterocycles. The Balaban J connectivity index is 2.14. The number of carbonyl (C=O) groups is 5. The van der Waals surface area contributed by atoms with E-state index in [1.165, 1.54) is 18.7 Å². The number of rotatable bonds is 16. The van der Waals surface area contributed by atoms with Crippen molar-refractivity contribution in [2.24, 2.45) is 5.73 Å². The van der Waals surface area contributed by atoms with Gasteiger partial charge in [-0.25, -0.2) is 0 Å². The third kappa shape index (κ3) is 9.73. The molecule has 0 fully saturated rings. The first-order chi connectivity index (χ1) is 18.2. The first-order valence-electron chi connectivity index (χ1n) is 12.6. The molecule has 38 heavy (non-hydrogen) atoms. The summed E-state index contributed by atoms with van der Waals surface area (Å²) in [6.07, 6.45) is 6.17. The molecule has 12 heteroatoms. The van der Waals surface area contributed by atoms with Gasteiger partial charge in [-0.1, -0.05) is 38.0 Å². The summed E-state index contributed by atoms with van der Waals surface area (Å²) < 4.78 is 0. The van der Waals surface area contributed by atoms with E-state index in [9.17, 15) is 24.0 Å². The second kappa shape index (κ2) is 15.7. The van der Waals surface area contributed by atoms with Crippen molar-refractivity contribution in [2.75, 3.05) is 18.6 Å². The van der Waals surface area contributed by atoms with Gasteiger partial charge >= 0.3 is 0 Å². The van der Waals surface area contributed by atoms with Gasteiger partial charge in [-0.15, -0.1) is 0 Å². The highest BCUT2D eigenvalue weighted by Crippen LogP contribution is 2.19. The summed E-state index contributed by atoms with van der Waals surface area (Å²) in [5.74, 6) is -2.01. The average Bonchev–Trinajstić information content (AvgIpc) is 3.29. The number of primary amides is 1. The van der Waals surface area contributed by atoms with Crippen LogP contribution in [0.5, 0.6) is 0 Å². The minimum Gasteiger partial charge on any atom is -0.368 e. The molecule has 1 aromatic carbocycles. The molecule has 2 rings (SSSR count). The van der Waals surface area contributed by atoms with Crippen molar-refractivity contribution in [1.29, 1.82) is 0 Å². The van der Waals surface area contributed by atoms with E-state index in [2.05, 4.69) is 26.3 Å². The highest BCUT2D eigenvalue weighted by Gasteiger charge is 2.27. The maximum atomic E-state index is 13.2. The van der Waals surface area contributed by atoms with Crippen LogP contribution in [0.2, 0.25) is 0 Å². The molecule has 0 aliphatic heterocycles. The normalized spacial score (nSPS) is 13.2. The lowest BCUT2D eigenvalue weighted by atomic mass is 10.0. The van der Waals surface area contributed by atoms with E-state index < -0.39 is 41.8 Å². The number of hydrogen-bond acceptors (Lipinski definition) is 6. The van der Waals surface area contributed by atoms with E-state index in [4.69, 9.17) is 5.73 Å². The topological polar surface area (TPSA) is 175 Å². The van der Waals surface area contributed by atoms with E-state index in [0.717, 1.165) is 29.3 Å². The molecule has 0 radical (unpaired) electrons. The number of nitrogens with two attached hydrogens (primary N) is 1. The summed E-state index contributed by atoms with van der Waals surface area (Å²) >= 11 is 1.52. The van der Waals surface area contributed by atoms with Crippen molar-refractivity contribution in [2.45, 2.75) is 64.1 Å². The number of aromatic amines is 1. The van der Waals surface area contributed by atoms with E-state index in [1.54, 1.807) is 6.20 Å². The van der Waals surface area contributed by atoms with E-state index >= 15 is 0 Å². The minimum atomic E-state index is -1.03. The van der Waals surface area contributed by atoms with Gasteiger partial charge < -0.3 is 32.0 Å². The van der Waals surface area contributed by atoms with Crippen molar-refractivity contribution in [3.8, 4) is 0 Å². The summed E-state index contributed by atoms with van der Waals surface area (Å²) in [6, 6.07) is 4.90. The van der Waals surface area contributed by atoms with Crippen LogP contribution >= 0.6 is 11.8 Å². The first-order valence-corrected chi connectivity index (χ1v) is 14.0. The number of para-hydroxylation sites is 1. The van der Waals surface area contributed by atoms with Gasteiger partial charge in [0.15, 0.2) is 0 Å². The first kappa shape index (κ1) is 30.7.